The summed E-state index contributed by atoms with van der Waals surface area (Å²) in [5, 5.41) is 0. The van der Waals surface area contributed by atoms with Gasteiger partial charge in [-0.15, -0.1) is 0 Å². The number of hydrogen-bond acceptors (Lipinski definition) is 5. The lowest BCUT2D eigenvalue weighted by Gasteiger charge is -2.37. The molecule has 4 rings (SSSR count). The lowest BCUT2D eigenvalue weighted by Crippen LogP contribution is -2.49. The average molecular weight is 510 g/mol. The van der Waals surface area contributed by atoms with Crippen LogP contribution in [-0.4, -0.2) is 64.2 Å². The van der Waals surface area contributed by atoms with E-state index in [2.05, 4.69) is 4.90 Å². The van der Waals surface area contributed by atoms with Crippen LogP contribution in [0.2, 0.25) is 0 Å². The van der Waals surface area contributed by atoms with Crippen LogP contribution in [0.4, 0.5) is 24.5 Å². The lowest BCUT2D eigenvalue weighted by atomic mass is 10.1. The molecule has 35 heavy (non-hydrogen) atoms. The fourth-order valence-electron chi connectivity index (χ4n) is 4.70. The summed E-state index contributed by atoms with van der Waals surface area (Å²) >= 11 is 0. The molecule has 10 heteroatoms. The van der Waals surface area contributed by atoms with E-state index in [4.69, 9.17) is 0 Å². The third kappa shape index (κ3) is 5.58. The van der Waals surface area contributed by atoms with E-state index in [1.165, 1.54) is 18.2 Å². The second-order valence-corrected chi connectivity index (χ2v) is 11.1. The topological polar surface area (TPSA) is 60.9 Å². The lowest BCUT2D eigenvalue weighted by molar-refractivity contribution is -0.137. The van der Waals surface area contributed by atoms with Crippen LogP contribution in [0, 0.1) is 0 Å². The number of carbonyl (C=O) groups is 1. The van der Waals surface area contributed by atoms with Crippen molar-refractivity contribution in [3.8, 4) is 0 Å². The van der Waals surface area contributed by atoms with Crippen molar-refractivity contribution in [1.29, 1.82) is 0 Å². The summed E-state index contributed by atoms with van der Waals surface area (Å²) in [6, 6.07) is 9.90. The molecule has 0 aromatic heterocycles. The zero-order valence-corrected chi connectivity index (χ0v) is 20.5. The van der Waals surface area contributed by atoms with Crippen molar-refractivity contribution >= 4 is 27.1 Å². The fraction of sp³-hybridized carbons (Fsp3) is 0.480. The Morgan fingerprint density at radius 1 is 0.886 bits per heavy atom. The highest BCUT2D eigenvalue weighted by molar-refractivity contribution is 7.91. The third-order valence-electron chi connectivity index (χ3n) is 6.60. The van der Waals surface area contributed by atoms with E-state index in [-0.39, 0.29) is 16.6 Å². The molecule has 0 aliphatic carbocycles. The van der Waals surface area contributed by atoms with Gasteiger partial charge in [0.1, 0.15) is 0 Å². The van der Waals surface area contributed by atoms with Crippen LogP contribution in [0.15, 0.2) is 47.4 Å². The summed E-state index contributed by atoms with van der Waals surface area (Å²) in [4.78, 5) is 19.5. The maximum atomic E-state index is 13.6. The molecule has 0 atom stereocenters. The monoisotopic (exact) mass is 509 g/mol. The average Bonchev–Trinajstić information content (AvgIpc) is 3.38. The van der Waals surface area contributed by atoms with Crippen molar-refractivity contribution in [1.82, 2.24) is 4.90 Å². The number of rotatable bonds is 6. The number of anilines is 2. The first-order chi connectivity index (χ1) is 16.6. The van der Waals surface area contributed by atoms with E-state index in [1.807, 2.05) is 4.90 Å². The van der Waals surface area contributed by atoms with Gasteiger partial charge in [0.25, 0.3) is 5.91 Å². The number of hydrogen-bond donors (Lipinski definition) is 0. The predicted molar refractivity (Wildman–Crippen MR) is 130 cm³/mol. The minimum atomic E-state index is -4.38. The molecule has 2 heterocycles. The van der Waals surface area contributed by atoms with Crippen molar-refractivity contribution < 1.29 is 26.4 Å². The van der Waals surface area contributed by atoms with Crippen LogP contribution in [-0.2, 0) is 16.0 Å². The molecule has 0 spiro atoms. The molecule has 2 aromatic rings. The first-order valence-electron chi connectivity index (χ1n) is 11.9. The number of benzene rings is 2. The van der Waals surface area contributed by atoms with Crippen LogP contribution in [0.5, 0.6) is 0 Å². The summed E-state index contributed by atoms with van der Waals surface area (Å²) in [6.45, 7) is 5.19. The molecule has 2 aliphatic heterocycles. The molecular weight excluding hydrogens is 479 g/mol. The highest BCUT2D eigenvalue weighted by Gasteiger charge is 2.31. The Kier molecular flexibility index (Phi) is 7.30. The van der Waals surface area contributed by atoms with Crippen LogP contribution in [0.3, 0.4) is 0 Å². The Morgan fingerprint density at radius 3 is 2.09 bits per heavy atom. The van der Waals surface area contributed by atoms with Gasteiger partial charge >= 0.3 is 6.18 Å². The molecule has 2 aliphatic rings. The quantitative estimate of drug-likeness (QED) is 0.576. The number of carbonyl (C=O) groups excluding carboxylic acids is 1. The number of piperazine rings is 1. The number of nitrogens with zero attached hydrogens (tertiary/aromatic N) is 3. The van der Waals surface area contributed by atoms with Crippen molar-refractivity contribution in [3.63, 3.8) is 0 Å². The number of halogens is 3. The molecule has 0 unspecified atom stereocenters. The summed E-state index contributed by atoms with van der Waals surface area (Å²) < 4.78 is 63.9. The van der Waals surface area contributed by atoms with Gasteiger partial charge in [0.15, 0.2) is 9.84 Å². The predicted octanol–water partition coefficient (Wildman–Crippen LogP) is 4.45. The highest BCUT2D eigenvalue weighted by atomic mass is 32.2. The second kappa shape index (κ2) is 10.1. The summed E-state index contributed by atoms with van der Waals surface area (Å²) in [5.41, 5.74) is 1.14. The molecule has 6 nitrogen and oxygen atoms in total. The SMILES string of the molecule is CCCS(=O)(=O)c1ccc(N2CCCC2)c(C(=O)N2CCN(c3ccc(C(F)(F)F)cc3)CC2)c1. The van der Waals surface area contributed by atoms with E-state index in [9.17, 15) is 26.4 Å². The van der Waals surface area contributed by atoms with E-state index >= 15 is 0 Å². The first-order valence-corrected chi connectivity index (χ1v) is 13.6. The molecule has 1 amide bonds. The van der Waals surface area contributed by atoms with Gasteiger partial charge < -0.3 is 14.7 Å². The van der Waals surface area contributed by atoms with Gasteiger partial charge in [0, 0.05) is 50.6 Å². The molecule has 0 bridgehead atoms. The minimum Gasteiger partial charge on any atom is -0.371 e. The van der Waals surface area contributed by atoms with E-state index < -0.39 is 21.6 Å². The normalized spacial score (nSPS) is 17.2. The molecule has 0 radical (unpaired) electrons. The number of amides is 1. The zero-order valence-electron chi connectivity index (χ0n) is 19.7. The minimum absolute atomic E-state index is 0.0233. The fourth-order valence-corrected chi connectivity index (χ4v) is 6.05. The van der Waals surface area contributed by atoms with Crippen molar-refractivity contribution in [2.45, 2.75) is 37.3 Å². The van der Waals surface area contributed by atoms with Gasteiger partial charge in [-0.05, 0) is 61.7 Å². The largest absolute Gasteiger partial charge is 0.416 e. The van der Waals surface area contributed by atoms with Gasteiger partial charge in [-0.3, -0.25) is 4.79 Å². The molecule has 2 aromatic carbocycles. The van der Waals surface area contributed by atoms with Crippen molar-refractivity contribution in [2.24, 2.45) is 0 Å². The molecular formula is C25H30F3N3O3S. The molecule has 190 valence electrons. The van der Waals surface area contributed by atoms with Gasteiger partial charge in [-0.1, -0.05) is 6.92 Å². The van der Waals surface area contributed by atoms with E-state index in [0.717, 1.165) is 43.8 Å². The number of sulfone groups is 1. The molecule has 2 fully saturated rings. The Bertz CT molecular complexity index is 1150. The summed E-state index contributed by atoms with van der Waals surface area (Å²) in [6.07, 6.45) is -1.84. The molecule has 0 saturated carbocycles. The Hall–Kier alpha value is -2.75. The standard InChI is InChI=1S/C25H30F3N3O3S/c1-2-17-35(33,34)21-9-10-23(30-11-3-4-12-30)22(18-21)24(32)31-15-13-29(14-16-31)20-7-5-19(6-8-20)25(26,27)28/h5-10,18H,2-4,11-17H2,1H3. The van der Waals surface area contributed by atoms with Gasteiger partial charge in [-0.25, -0.2) is 8.42 Å². The Labute approximate surface area is 204 Å². The van der Waals surface area contributed by atoms with Gasteiger partial charge in [-0.2, -0.15) is 13.2 Å². The van der Waals surface area contributed by atoms with E-state index in [0.29, 0.717) is 43.9 Å². The zero-order chi connectivity index (χ0) is 25.2. The van der Waals surface area contributed by atoms with Gasteiger partial charge in [0.2, 0.25) is 0 Å². The third-order valence-corrected chi connectivity index (χ3v) is 8.52. The van der Waals surface area contributed by atoms with Crippen molar-refractivity contribution in [3.05, 3.63) is 53.6 Å². The Morgan fingerprint density at radius 2 is 1.51 bits per heavy atom. The first kappa shape index (κ1) is 25.3. The molecule has 2 saturated heterocycles. The maximum absolute atomic E-state index is 13.6. The van der Waals surface area contributed by atoms with Crippen LogP contribution in [0.25, 0.3) is 0 Å². The molecule has 0 N–H and O–H groups in total. The maximum Gasteiger partial charge on any atom is 0.416 e. The summed E-state index contributed by atoms with van der Waals surface area (Å²) in [7, 11) is -3.47. The van der Waals surface area contributed by atoms with Crippen molar-refractivity contribution in [2.75, 3.05) is 54.8 Å². The highest BCUT2D eigenvalue weighted by Crippen LogP contribution is 2.32. The second-order valence-electron chi connectivity index (χ2n) is 9.02. The van der Waals surface area contributed by atoms with E-state index in [1.54, 1.807) is 24.0 Å². The summed E-state index contributed by atoms with van der Waals surface area (Å²) in [5.74, 6) is -0.192. The van der Waals surface area contributed by atoms with Crippen LogP contribution in [0.1, 0.15) is 42.1 Å². The number of alkyl halides is 3. The van der Waals surface area contributed by atoms with Gasteiger partial charge in [0.05, 0.1) is 21.8 Å². The van der Waals surface area contributed by atoms with Crippen LogP contribution < -0.4 is 9.80 Å². The van der Waals surface area contributed by atoms with Crippen LogP contribution >= 0.6 is 0 Å². The smallest absolute Gasteiger partial charge is 0.371 e. The Balaban J connectivity index is 1.53.